The lowest BCUT2D eigenvalue weighted by Gasteiger charge is -2.08. The van der Waals surface area contributed by atoms with Crippen molar-refractivity contribution in [3.63, 3.8) is 0 Å². The molecule has 4 heteroatoms. The Morgan fingerprint density at radius 2 is 2.12 bits per heavy atom. The second-order valence-corrected chi connectivity index (χ2v) is 3.94. The standard InChI is InChI=1S/C13H9ClN2O/c1-9-6-10(14)2-3-13(9)17-12-4-5-16-11(7-12)8-15/h2-7H,1H3. The Morgan fingerprint density at radius 1 is 1.29 bits per heavy atom. The van der Waals surface area contributed by atoms with Crippen LogP contribution in [-0.4, -0.2) is 4.98 Å². The summed E-state index contributed by atoms with van der Waals surface area (Å²) in [7, 11) is 0. The van der Waals surface area contributed by atoms with Crippen molar-refractivity contribution in [3.05, 3.63) is 52.8 Å². The number of rotatable bonds is 2. The lowest BCUT2D eigenvalue weighted by molar-refractivity contribution is 0.478. The van der Waals surface area contributed by atoms with Crippen LogP contribution in [0.5, 0.6) is 11.5 Å². The lowest BCUT2D eigenvalue weighted by atomic mass is 10.2. The van der Waals surface area contributed by atoms with Crippen molar-refractivity contribution in [1.82, 2.24) is 4.98 Å². The van der Waals surface area contributed by atoms with Crippen molar-refractivity contribution < 1.29 is 4.74 Å². The molecule has 0 fully saturated rings. The molecule has 0 unspecified atom stereocenters. The van der Waals surface area contributed by atoms with E-state index in [1.807, 2.05) is 19.1 Å². The number of hydrogen-bond acceptors (Lipinski definition) is 3. The summed E-state index contributed by atoms with van der Waals surface area (Å²) in [5.41, 5.74) is 1.27. The number of aromatic nitrogens is 1. The first-order chi connectivity index (χ1) is 8.19. The van der Waals surface area contributed by atoms with Gasteiger partial charge in [0.1, 0.15) is 23.3 Å². The van der Waals surface area contributed by atoms with Gasteiger partial charge in [0, 0.05) is 17.3 Å². The molecule has 1 heterocycles. The molecule has 0 bridgehead atoms. The summed E-state index contributed by atoms with van der Waals surface area (Å²) >= 11 is 5.86. The maximum Gasteiger partial charge on any atom is 0.144 e. The number of benzene rings is 1. The second kappa shape index (κ2) is 4.86. The van der Waals surface area contributed by atoms with Crippen LogP contribution in [-0.2, 0) is 0 Å². The number of pyridine rings is 1. The molecule has 0 aliphatic carbocycles. The average Bonchev–Trinajstić information content (AvgIpc) is 2.33. The molecule has 0 amide bonds. The fraction of sp³-hybridized carbons (Fsp3) is 0.0769. The molecular formula is C13H9ClN2O. The Bertz CT molecular complexity index is 590. The number of halogens is 1. The zero-order valence-electron chi connectivity index (χ0n) is 9.14. The van der Waals surface area contributed by atoms with Gasteiger partial charge in [0.15, 0.2) is 0 Å². The monoisotopic (exact) mass is 244 g/mol. The number of ether oxygens (including phenoxy) is 1. The highest BCUT2D eigenvalue weighted by Crippen LogP contribution is 2.27. The third-order valence-electron chi connectivity index (χ3n) is 2.21. The van der Waals surface area contributed by atoms with Crippen LogP contribution >= 0.6 is 11.6 Å². The molecule has 0 radical (unpaired) electrons. The van der Waals surface area contributed by atoms with E-state index in [0.717, 1.165) is 5.56 Å². The Hall–Kier alpha value is -2.05. The van der Waals surface area contributed by atoms with Crippen LogP contribution in [0.1, 0.15) is 11.3 Å². The van der Waals surface area contributed by atoms with Crippen LogP contribution in [0.3, 0.4) is 0 Å². The third kappa shape index (κ3) is 2.74. The largest absolute Gasteiger partial charge is 0.457 e. The number of nitrogens with zero attached hydrogens (tertiary/aromatic N) is 2. The Kier molecular flexibility index (Phi) is 3.27. The van der Waals surface area contributed by atoms with Crippen molar-refractivity contribution in [2.45, 2.75) is 6.92 Å². The number of aryl methyl sites for hydroxylation is 1. The van der Waals surface area contributed by atoms with Gasteiger partial charge in [-0.15, -0.1) is 0 Å². The molecule has 0 atom stereocenters. The fourth-order valence-corrected chi connectivity index (χ4v) is 1.62. The summed E-state index contributed by atoms with van der Waals surface area (Å²) in [6.07, 6.45) is 1.54. The van der Waals surface area contributed by atoms with Crippen molar-refractivity contribution in [2.24, 2.45) is 0 Å². The summed E-state index contributed by atoms with van der Waals surface area (Å²) in [6.45, 7) is 1.91. The van der Waals surface area contributed by atoms with E-state index in [1.165, 1.54) is 0 Å². The minimum atomic E-state index is 0.328. The van der Waals surface area contributed by atoms with E-state index in [0.29, 0.717) is 22.2 Å². The predicted molar refractivity (Wildman–Crippen MR) is 65.2 cm³/mol. The summed E-state index contributed by atoms with van der Waals surface area (Å²) in [6, 6.07) is 10.6. The molecule has 17 heavy (non-hydrogen) atoms. The van der Waals surface area contributed by atoms with Crippen molar-refractivity contribution in [3.8, 4) is 17.6 Å². The zero-order valence-corrected chi connectivity index (χ0v) is 9.90. The summed E-state index contributed by atoms with van der Waals surface area (Å²) < 4.78 is 5.66. The van der Waals surface area contributed by atoms with Crippen molar-refractivity contribution in [2.75, 3.05) is 0 Å². The van der Waals surface area contributed by atoms with Gasteiger partial charge in [0.25, 0.3) is 0 Å². The highest BCUT2D eigenvalue weighted by atomic mass is 35.5. The molecular weight excluding hydrogens is 236 g/mol. The van der Waals surface area contributed by atoms with E-state index in [2.05, 4.69) is 4.98 Å². The molecule has 84 valence electrons. The van der Waals surface area contributed by atoms with Gasteiger partial charge in [-0.1, -0.05) is 11.6 Å². The molecule has 0 saturated heterocycles. The van der Waals surface area contributed by atoms with Crippen molar-refractivity contribution in [1.29, 1.82) is 5.26 Å². The summed E-state index contributed by atoms with van der Waals surface area (Å²) in [4.78, 5) is 3.87. The molecule has 2 aromatic rings. The van der Waals surface area contributed by atoms with E-state index < -0.39 is 0 Å². The van der Waals surface area contributed by atoms with Gasteiger partial charge in [0.2, 0.25) is 0 Å². The molecule has 2 rings (SSSR count). The summed E-state index contributed by atoms with van der Waals surface area (Å²) in [5.74, 6) is 1.30. The predicted octanol–water partition coefficient (Wildman–Crippen LogP) is 3.71. The first-order valence-electron chi connectivity index (χ1n) is 4.99. The van der Waals surface area contributed by atoms with Gasteiger partial charge in [-0.05, 0) is 36.8 Å². The maximum absolute atomic E-state index is 8.73. The van der Waals surface area contributed by atoms with Gasteiger partial charge in [-0.25, -0.2) is 4.98 Å². The minimum absolute atomic E-state index is 0.328. The Labute approximate surface area is 104 Å². The van der Waals surface area contributed by atoms with Crippen molar-refractivity contribution >= 4 is 11.6 Å². The van der Waals surface area contributed by atoms with Gasteiger partial charge in [-0.2, -0.15) is 5.26 Å². The first-order valence-corrected chi connectivity index (χ1v) is 5.37. The van der Waals surface area contributed by atoms with Crippen LogP contribution in [0.15, 0.2) is 36.5 Å². The number of hydrogen-bond donors (Lipinski definition) is 0. The molecule has 0 aliphatic heterocycles. The van der Waals surface area contributed by atoms with Crippen LogP contribution < -0.4 is 4.74 Å². The summed E-state index contributed by atoms with van der Waals surface area (Å²) in [5, 5.41) is 9.40. The first kappa shape index (κ1) is 11.4. The van der Waals surface area contributed by atoms with Gasteiger partial charge >= 0.3 is 0 Å². The SMILES string of the molecule is Cc1cc(Cl)ccc1Oc1ccnc(C#N)c1. The molecule has 0 spiro atoms. The van der Waals surface area contributed by atoms with Crippen LogP contribution in [0.4, 0.5) is 0 Å². The quantitative estimate of drug-likeness (QED) is 0.809. The molecule has 0 saturated carbocycles. The molecule has 1 aromatic carbocycles. The Balaban J connectivity index is 2.28. The van der Waals surface area contributed by atoms with E-state index in [9.17, 15) is 0 Å². The molecule has 3 nitrogen and oxygen atoms in total. The van der Waals surface area contributed by atoms with E-state index in [1.54, 1.807) is 30.5 Å². The Morgan fingerprint density at radius 3 is 2.82 bits per heavy atom. The highest BCUT2D eigenvalue weighted by molar-refractivity contribution is 6.30. The average molecular weight is 245 g/mol. The van der Waals surface area contributed by atoms with Crippen LogP contribution in [0, 0.1) is 18.3 Å². The topological polar surface area (TPSA) is 45.9 Å². The molecule has 0 N–H and O–H groups in total. The fourth-order valence-electron chi connectivity index (χ4n) is 1.39. The highest BCUT2D eigenvalue weighted by Gasteiger charge is 2.03. The van der Waals surface area contributed by atoms with Gasteiger partial charge in [-0.3, -0.25) is 0 Å². The van der Waals surface area contributed by atoms with E-state index >= 15 is 0 Å². The smallest absolute Gasteiger partial charge is 0.144 e. The normalized spacial score (nSPS) is 9.71. The second-order valence-electron chi connectivity index (χ2n) is 3.50. The van der Waals surface area contributed by atoms with Gasteiger partial charge < -0.3 is 4.74 Å². The lowest BCUT2D eigenvalue weighted by Crippen LogP contribution is -1.89. The van der Waals surface area contributed by atoms with E-state index in [4.69, 9.17) is 21.6 Å². The van der Waals surface area contributed by atoms with Crippen LogP contribution in [0.25, 0.3) is 0 Å². The van der Waals surface area contributed by atoms with Gasteiger partial charge in [0.05, 0.1) is 0 Å². The third-order valence-corrected chi connectivity index (χ3v) is 2.45. The molecule has 0 aliphatic rings. The van der Waals surface area contributed by atoms with E-state index in [-0.39, 0.29) is 0 Å². The minimum Gasteiger partial charge on any atom is -0.457 e. The number of nitriles is 1. The zero-order chi connectivity index (χ0) is 12.3. The maximum atomic E-state index is 8.73. The molecule has 1 aromatic heterocycles. The van der Waals surface area contributed by atoms with Crippen LogP contribution in [0.2, 0.25) is 5.02 Å².